The molecule has 3 rings (SSSR count). The fourth-order valence-corrected chi connectivity index (χ4v) is 2.44. The minimum Gasteiger partial charge on any atom is -0.399 e. The number of benzene rings is 1. The van der Waals surface area contributed by atoms with Crippen LogP contribution in [0.3, 0.4) is 0 Å². The quantitative estimate of drug-likeness (QED) is 0.775. The van der Waals surface area contributed by atoms with Crippen LogP contribution in [0.15, 0.2) is 24.3 Å². The van der Waals surface area contributed by atoms with Gasteiger partial charge in [-0.15, -0.1) is 0 Å². The van der Waals surface area contributed by atoms with Crippen molar-refractivity contribution in [1.29, 1.82) is 0 Å². The summed E-state index contributed by atoms with van der Waals surface area (Å²) in [5, 5.41) is 0. The van der Waals surface area contributed by atoms with Crippen molar-refractivity contribution in [1.82, 2.24) is 0 Å². The van der Waals surface area contributed by atoms with Crippen LogP contribution >= 0.6 is 0 Å². The second kappa shape index (κ2) is 4.04. The van der Waals surface area contributed by atoms with E-state index in [9.17, 15) is 8.78 Å². The molecule has 1 aliphatic carbocycles. The van der Waals surface area contributed by atoms with Crippen molar-refractivity contribution in [2.24, 2.45) is 0 Å². The number of halogens is 2. The molecule has 108 valence electrons. The maximum absolute atomic E-state index is 13.0. The molecule has 1 aromatic carbocycles. The van der Waals surface area contributed by atoms with Gasteiger partial charge >= 0.3 is 7.12 Å². The second-order valence-corrected chi connectivity index (χ2v) is 6.77. The monoisotopic (exact) mass is 280 g/mol. The molecule has 1 atom stereocenters. The molecule has 2 fully saturated rings. The second-order valence-electron chi connectivity index (χ2n) is 6.77. The smallest absolute Gasteiger partial charge is 0.399 e. The van der Waals surface area contributed by atoms with Gasteiger partial charge in [-0.2, -0.15) is 0 Å². The first-order valence-corrected chi connectivity index (χ1v) is 6.96. The Balaban J connectivity index is 1.77. The Kier molecular flexibility index (Phi) is 2.84. The Hall–Kier alpha value is -0.935. The van der Waals surface area contributed by atoms with Crippen molar-refractivity contribution in [2.75, 3.05) is 0 Å². The summed E-state index contributed by atoms with van der Waals surface area (Å²) < 4.78 is 37.9. The average molecular weight is 280 g/mol. The molecule has 0 amide bonds. The molecule has 2 nitrogen and oxygen atoms in total. The van der Waals surface area contributed by atoms with E-state index >= 15 is 0 Å². The van der Waals surface area contributed by atoms with Crippen LogP contribution in [0.2, 0.25) is 0 Å². The molecule has 1 aromatic rings. The molecule has 0 radical (unpaired) electrons. The fourth-order valence-electron chi connectivity index (χ4n) is 2.44. The molecule has 1 aliphatic heterocycles. The molecule has 1 heterocycles. The SMILES string of the molecule is CC1(C)OB(c2ccc(C3CC3(F)F)cc2)OC1(C)C. The summed E-state index contributed by atoms with van der Waals surface area (Å²) in [7, 11) is -0.436. The van der Waals surface area contributed by atoms with Gasteiger partial charge in [0.05, 0.1) is 17.1 Å². The highest BCUT2D eigenvalue weighted by Gasteiger charge is 2.57. The van der Waals surface area contributed by atoms with Crippen molar-refractivity contribution < 1.29 is 18.1 Å². The maximum Gasteiger partial charge on any atom is 0.494 e. The molecule has 0 spiro atoms. The first-order valence-electron chi connectivity index (χ1n) is 6.96. The molecule has 0 N–H and O–H groups in total. The van der Waals surface area contributed by atoms with E-state index in [-0.39, 0.29) is 17.6 Å². The van der Waals surface area contributed by atoms with E-state index in [0.717, 1.165) is 5.46 Å². The normalized spacial score (nSPS) is 29.5. The Bertz CT molecular complexity index is 509. The van der Waals surface area contributed by atoms with Gasteiger partial charge in [0, 0.05) is 6.42 Å². The van der Waals surface area contributed by atoms with E-state index in [4.69, 9.17) is 9.31 Å². The Morgan fingerprint density at radius 2 is 1.45 bits per heavy atom. The minimum atomic E-state index is -2.52. The average Bonchev–Trinajstić information content (AvgIpc) is 2.90. The van der Waals surface area contributed by atoms with Crippen LogP contribution in [0, 0.1) is 0 Å². The van der Waals surface area contributed by atoms with Gasteiger partial charge in [-0.25, -0.2) is 8.78 Å². The molecule has 1 saturated heterocycles. The summed E-state index contributed by atoms with van der Waals surface area (Å²) in [5.74, 6) is -3.14. The van der Waals surface area contributed by atoms with Crippen LogP contribution < -0.4 is 5.46 Å². The van der Waals surface area contributed by atoms with E-state index in [1.54, 1.807) is 12.1 Å². The molecule has 20 heavy (non-hydrogen) atoms. The van der Waals surface area contributed by atoms with Gasteiger partial charge in [0.15, 0.2) is 0 Å². The first-order chi connectivity index (χ1) is 9.12. The van der Waals surface area contributed by atoms with Gasteiger partial charge < -0.3 is 9.31 Å². The third kappa shape index (κ3) is 2.17. The highest BCUT2D eigenvalue weighted by Crippen LogP contribution is 2.55. The minimum absolute atomic E-state index is 0.0389. The van der Waals surface area contributed by atoms with E-state index < -0.39 is 19.0 Å². The first kappa shape index (κ1) is 14.0. The molecule has 0 aromatic heterocycles. The van der Waals surface area contributed by atoms with E-state index in [0.29, 0.717) is 5.56 Å². The molecule has 2 aliphatic rings. The standard InChI is InChI=1S/C15H19BF2O2/c1-13(2)14(3,4)20-16(19-13)11-7-5-10(6-8-11)12-9-15(12,17)18/h5-8,12H,9H2,1-4H3. The van der Waals surface area contributed by atoms with Crippen LogP contribution in [0.5, 0.6) is 0 Å². The highest BCUT2D eigenvalue weighted by atomic mass is 19.3. The molecule has 1 saturated carbocycles. The third-order valence-corrected chi connectivity index (χ3v) is 4.69. The molecule has 1 unspecified atom stereocenters. The zero-order valence-corrected chi connectivity index (χ0v) is 12.2. The van der Waals surface area contributed by atoms with Crippen molar-refractivity contribution >= 4 is 12.6 Å². The lowest BCUT2D eigenvalue weighted by Gasteiger charge is -2.32. The van der Waals surface area contributed by atoms with Crippen molar-refractivity contribution in [3.8, 4) is 0 Å². The lowest BCUT2D eigenvalue weighted by atomic mass is 9.78. The fraction of sp³-hybridized carbons (Fsp3) is 0.600. The largest absolute Gasteiger partial charge is 0.494 e. The lowest BCUT2D eigenvalue weighted by Crippen LogP contribution is -2.41. The van der Waals surface area contributed by atoms with Gasteiger partial charge in [-0.3, -0.25) is 0 Å². The Morgan fingerprint density at radius 1 is 1.00 bits per heavy atom. The molecular weight excluding hydrogens is 261 g/mol. The van der Waals surface area contributed by atoms with E-state index in [2.05, 4.69) is 0 Å². The van der Waals surface area contributed by atoms with Gasteiger partial charge in [0.25, 0.3) is 5.92 Å². The summed E-state index contributed by atoms with van der Waals surface area (Å²) >= 11 is 0. The number of hydrogen-bond acceptors (Lipinski definition) is 2. The molecule has 0 bridgehead atoms. The van der Waals surface area contributed by atoms with E-state index in [1.165, 1.54) is 0 Å². The molecule has 5 heteroatoms. The van der Waals surface area contributed by atoms with Gasteiger partial charge in [0.2, 0.25) is 0 Å². The third-order valence-electron chi connectivity index (χ3n) is 4.69. The predicted octanol–water partition coefficient (Wildman–Crippen LogP) is 3.11. The lowest BCUT2D eigenvalue weighted by molar-refractivity contribution is 0.00578. The van der Waals surface area contributed by atoms with Crippen LogP contribution in [0.1, 0.15) is 45.6 Å². The number of alkyl halides is 2. The topological polar surface area (TPSA) is 18.5 Å². The van der Waals surface area contributed by atoms with E-state index in [1.807, 2.05) is 39.8 Å². The summed E-state index contributed by atoms with van der Waals surface area (Å²) in [6.45, 7) is 7.97. The summed E-state index contributed by atoms with van der Waals surface area (Å²) in [4.78, 5) is 0. The van der Waals surface area contributed by atoms with Crippen LogP contribution in [-0.2, 0) is 9.31 Å². The van der Waals surface area contributed by atoms with Gasteiger partial charge in [-0.1, -0.05) is 24.3 Å². The van der Waals surface area contributed by atoms with Gasteiger partial charge in [0.1, 0.15) is 0 Å². The summed E-state index contributed by atoms with van der Waals surface area (Å²) in [5.41, 5.74) is 0.784. The number of hydrogen-bond donors (Lipinski definition) is 0. The van der Waals surface area contributed by atoms with Crippen LogP contribution in [0.25, 0.3) is 0 Å². The highest BCUT2D eigenvalue weighted by molar-refractivity contribution is 6.62. The predicted molar refractivity (Wildman–Crippen MR) is 74.5 cm³/mol. The van der Waals surface area contributed by atoms with Crippen molar-refractivity contribution in [3.05, 3.63) is 29.8 Å². The zero-order chi connectivity index (χ0) is 14.8. The van der Waals surface area contributed by atoms with Crippen molar-refractivity contribution in [3.63, 3.8) is 0 Å². The maximum atomic E-state index is 13.0. The summed E-state index contributed by atoms with van der Waals surface area (Å²) in [6, 6.07) is 7.16. The van der Waals surface area contributed by atoms with Gasteiger partial charge in [-0.05, 0) is 38.7 Å². The molecular formula is C15H19BF2O2. The summed E-state index contributed by atoms with van der Waals surface area (Å²) in [6.07, 6.45) is -0.0389. The Morgan fingerprint density at radius 3 is 1.85 bits per heavy atom. The Labute approximate surface area is 118 Å². The van der Waals surface area contributed by atoms with Crippen molar-refractivity contribution in [2.45, 2.75) is 57.2 Å². The number of rotatable bonds is 2. The zero-order valence-electron chi connectivity index (χ0n) is 12.2. The van der Waals surface area contributed by atoms with Crippen LogP contribution in [-0.4, -0.2) is 24.2 Å². The van der Waals surface area contributed by atoms with Crippen LogP contribution in [0.4, 0.5) is 8.78 Å².